The average Bonchev–Trinajstić information content (AvgIpc) is 3.40. The fraction of sp³-hybridized carbons (Fsp3) is 0.391. The first kappa shape index (κ1) is 18.4. The summed E-state index contributed by atoms with van der Waals surface area (Å²) < 4.78 is 0. The zero-order valence-electron chi connectivity index (χ0n) is 16.5. The van der Waals surface area contributed by atoms with E-state index in [4.69, 9.17) is 10.7 Å². The Labute approximate surface area is 174 Å². The summed E-state index contributed by atoms with van der Waals surface area (Å²) in [5.74, 6) is 1.03. The highest BCUT2D eigenvalue weighted by Gasteiger charge is 2.27. The van der Waals surface area contributed by atoms with E-state index in [1.54, 1.807) is 0 Å². The number of aryl methyl sites for hydroxylation is 1. The lowest BCUT2D eigenvalue weighted by atomic mass is 9.89. The summed E-state index contributed by atoms with van der Waals surface area (Å²) in [6.07, 6.45) is 6.93. The van der Waals surface area contributed by atoms with E-state index in [2.05, 4.69) is 10.2 Å². The first-order valence-electron chi connectivity index (χ1n) is 10.5. The summed E-state index contributed by atoms with van der Waals surface area (Å²) in [4.78, 5) is 21.9. The van der Waals surface area contributed by atoms with E-state index in [-0.39, 0.29) is 5.91 Å². The number of pyridine rings is 1. The van der Waals surface area contributed by atoms with Crippen molar-refractivity contribution in [1.29, 1.82) is 0 Å². The smallest absolute Gasteiger partial charge is 0.263 e. The summed E-state index contributed by atoms with van der Waals surface area (Å²) in [5.41, 5.74) is 10.9. The number of anilines is 2. The number of amides is 1. The van der Waals surface area contributed by atoms with Gasteiger partial charge in [0.25, 0.3) is 5.91 Å². The van der Waals surface area contributed by atoms with Gasteiger partial charge in [-0.15, -0.1) is 11.3 Å². The molecule has 3 heterocycles. The fourth-order valence-electron chi connectivity index (χ4n) is 4.61. The molecule has 1 amide bonds. The normalized spacial score (nSPS) is 16.2. The number of rotatable bonds is 4. The number of benzene rings is 1. The van der Waals surface area contributed by atoms with Gasteiger partial charge in [-0.25, -0.2) is 4.98 Å². The van der Waals surface area contributed by atoms with Crippen LogP contribution in [0.4, 0.5) is 11.5 Å². The lowest BCUT2D eigenvalue weighted by molar-refractivity contribution is 0.0956. The van der Waals surface area contributed by atoms with Gasteiger partial charge in [-0.2, -0.15) is 0 Å². The van der Waals surface area contributed by atoms with E-state index in [1.165, 1.54) is 48.1 Å². The van der Waals surface area contributed by atoms with Gasteiger partial charge in [0, 0.05) is 25.0 Å². The molecule has 0 saturated carbocycles. The van der Waals surface area contributed by atoms with Crippen LogP contribution in [0, 0.1) is 0 Å². The quantitative estimate of drug-likeness (QED) is 0.678. The van der Waals surface area contributed by atoms with Crippen molar-refractivity contribution in [2.75, 3.05) is 23.7 Å². The SMILES string of the molecule is Nc1c(C(=O)NCc2ccccc2)sc2nc(N3CCCC3)c3c(c12)CCCC3. The Morgan fingerprint density at radius 1 is 1.07 bits per heavy atom. The second kappa shape index (κ2) is 7.67. The maximum atomic E-state index is 12.9. The van der Waals surface area contributed by atoms with Crippen molar-refractivity contribution in [2.45, 2.75) is 45.1 Å². The number of hydrogen-bond acceptors (Lipinski definition) is 5. The maximum Gasteiger partial charge on any atom is 0.263 e. The molecule has 3 aromatic rings. The highest BCUT2D eigenvalue weighted by Crippen LogP contribution is 2.42. The predicted molar refractivity (Wildman–Crippen MR) is 120 cm³/mol. The third-order valence-electron chi connectivity index (χ3n) is 6.08. The van der Waals surface area contributed by atoms with Gasteiger partial charge in [0.1, 0.15) is 15.5 Å². The fourth-order valence-corrected chi connectivity index (χ4v) is 5.65. The van der Waals surface area contributed by atoms with E-state index in [1.807, 2.05) is 30.3 Å². The molecule has 1 aliphatic heterocycles. The van der Waals surface area contributed by atoms with E-state index >= 15 is 0 Å². The summed E-state index contributed by atoms with van der Waals surface area (Å²) in [6, 6.07) is 9.95. The predicted octanol–water partition coefficient (Wildman–Crippen LogP) is 4.29. The summed E-state index contributed by atoms with van der Waals surface area (Å²) >= 11 is 1.44. The molecule has 1 saturated heterocycles. The van der Waals surface area contributed by atoms with Crippen LogP contribution in [0.15, 0.2) is 30.3 Å². The number of nitrogens with one attached hydrogen (secondary N) is 1. The van der Waals surface area contributed by atoms with Crippen LogP contribution in [-0.4, -0.2) is 24.0 Å². The van der Waals surface area contributed by atoms with E-state index in [0.29, 0.717) is 17.1 Å². The van der Waals surface area contributed by atoms with Crippen molar-refractivity contribution in [3.63, 3.8) is 0 Å². The number of fused-ring (bicyclic) bond motifs is 3. The molecule has 0 bridgehead atoms. The molecule has 0 atom stereocenters. The van der Waals surface area contributed by atoms with Crippen LogP contribution >= 0.6 is 11.3 Å². The van der Waals surface area contributed by atoms with Crippen molar-refractivity contribution < 1.29 is 4.79 Å². The van der Waals surface area contributed by atoms with Crippen LogP contribution in [-0.2, 0) is 19.4 Å². The molecule has 2 aliphatic rings. The maximum absolute atomic E-state index is 12.9. The number of nitrogens with zero attached hydrogens (tertiary/aromatic N) is 2. The Morgan fingerprint density at radius 2 is 1.79 bits per heavy atom. The van der Waals surface area contributed by atoms with Crippen LogP contribution in [0.1, 0.15) is 52.0 Å². The number of nitrogens with two attached hydrogens (primary N) is 1. The zero-order chi connectivity index (χ0) is 19.8. The van der Waals surface area contributed by atoms with Crippen molar-refractivity contribution >= 4 is 39.0 Å². The minimum Gasteiger partial charge on any atom is -0.397 e. The van der Waals surface area contributed by atoms with Gasteiger partial charge in [0.2, 0.25) is 0 Å². The second-order valence-electron chi connectivity index (χ2n) is 7.99. The summed E-state index contributed by atoms with van der Waals surface area (Å²) in [6.45, 7) is 2.66. The third-order valence-corrected chi connectivity index (χ3v) is 7.18. The Hall–Kier alpha value is -2.60. The Kier molecular flexibility index (Phi) is 4.87. The number of carbonyl (C=O) groups excluding carboxylic acids is 1. The molecule has 0 radical (unpaired) electrons. The molecule has 1 aromatic carbocycles. The largest absolute Gasteiger partial charge is 0.397 e. The van der Waals surface area contributed by atoms with Crippen molar-refractivity contribution in [1.82, 2.24) is 10.3 Å². The molecule has 2 aromatic heterocycles. The molecule has 0 spiro atoms. The molecule has 6 heteroatoms. The van der Waals surface area contributed by atoms with Gasteiger partial charge in [0.15, 0.2) is 0 Å². The number of hydrogen-bond donors (Lipinski definition) is 2. The first-order chi connectivity index (χ1) is 14.2. The molecular weight excluding hydrogens is 380 g/mol. The lowest BCUT2D eigenvalue weighted by Crippen LogP contribution is -2.23. The molecule has 150 valence electrons. The van der Waals surface area contributed by atoms with Crippen LogP contribution < -0.4 is 16.0 Å². The zero-order valence-corrected chi connectivity index (χ0v) is 17.4. The molecule has 1 fully saturated rings. The lowest BCUT2D eigenvalue weighted by Gasteiger charge is -2.25. The molecule has 3 N–H and O–H groups in total. The summed E-state index contributed by atoms with van der Waals surface area (Å²) in [7, 11) is 0. The van der Waals surface area contributed by atoms with Crippen LogP contribution in [0.2, 0.25) is 0 Å². The van der Waals surface area contributed by atoms with E-state index < -0.39 is 0 Å². The van der Waals surface area contributed by atoms with Gasteiger partial charge < -0.3 is 16.0 Å². The number of nitrogen functional groups attached to an aromatic ring is 1. The topological polar surface area (TPSA) is 71.2 Å². The average molecular weight is 407 g/mol. The molecular formula is C23H26N4OS. The Bertz CT molecular complexity index is 1050. The minimum absolute atomic E-state index is 0.110. The number of thiophene rings is 1. The van der Waals surface area contributed by atoms with Gasteiger partial charge in [0.05, 0.1) is 5.69 Å². The number of aromatic nitrogens is 1. The second-order valence-corrected chi connectivity index (χ2v) is 8.99. The van der Waals surface area contributed by atoms with Crippen LogP contribution in [0.5, 0.6) is 0 Å². The molecule has 1 aliphatic carbocycles. The van der Waals surface area contributed by atoms with Gasteiger partial charge in [-0.1, -0.05) is 30.3 Å². The van der Waals surface area contributed by atoms with E-state index in [0.717, 1.165) is 47.5 Å². The van der Waals surface area contributed by atoms with Crippen molar-refractivity contribution in [3.8, 4) is 0 Å². The molecule has 29 heavy (non-hydrogen) atoms. The summed E-state index contributed by atoms with van der Waals surface area (Å²) in [5, 5.41) is 4.05. The van der Waals surface area contributed by atoms with Crippen molar-refractivity contribution in [3.05, 3.63) is 51.9 Å². The van der Waals surface area contributed by atoms with Crippen molar-refractivity contribution in [2.24, 2.45) is 0 Å². The molecule has 5 nitrogen and oxygen atoms in total. The number of carbonyl (C=O) groups is 1. The van der Waals surface area contributed by atoms with E-state index in [9.17, 15) is 4.79 Å². The standard InChI is InChI=1S/C23H26N4OS/c24-19-18-16-10-4-5-11-17(16)21(27-12-6-7-13-27)26-23(18)29-20(19)22(28)25-14-15-8-2-1-3-9-15/h1-3,8-9H,4-7,10-14,24H2,(H,25,28). The van der Waals surface area contributed by atoms with Gasteiger partial charge in [-0.3, -0.25) is 4.79 Å². The minimum atomic E-state index is -0.110. The monoisotopic (exact) mass is 406 g/mol. The van der Waals surface area contributed by atoms with Crippen LogP contribution in [0.25, 0.3) is 10.2 Å². The molecule has 0 unspecified atom stereocenters. The molecule has 5 rings (SSSR count). The van der Waals surface area contributed by atoms with Gasteiger partial charge in [-0.05, 0) is 55.2 Å². The third kappa shape index (κ3) is 3.35. The van der Waals surface area contributed by atoms with Crippen LogP contribution in [0.3, 0.4) is 0 Å². The highest BCUT2D eigenvalue weighted by atomic mass is 32.1. The highest BCUT2D eigenvalue weighted by molar-refractivity contribution is 7.21. The van der Waals surface area contributed by atoms with Gasteiger partial charge >= 0.3 is 0 Å². The Balaban J connectivity index is 1.52. The first-order valence-corrected chi connectivity index (χ1v) is 11.3. The Morgan fingerprint density at radius 3 is 2.55 bits per heavy atom.